The first kappa shape index (κ1) is 23.7. The molecule has 5 rings (SSSR count). The van der Waals surface area contributed by atoms with Gasteiger partial charge < -0.3 is 25.5 Å². The summed E-state index contributed by atoms with van der Waals surface area (Å²) >= 11 is 1.01. The van der Waals surface area contributed by atoms with Crippen LogP contribution in [-0.4, -0.2) is 62.7 Å². The fraction of sp³-hybridized carbons (Fsp3) is 0.318. The molecule has 2 aromatic heterocycles. The molecule has 2 amide bonds. The Labute approximate surface area is 206 Å². The Hall–Kier alpha value is -4.07. The molecule has 1 fully saturated rings. The van der Waals surface area contributed by atoms with Gasteiger partial charge in [-0.3, -0.25) is 14.3 Å². The molecule has 4 heterocycles. The Morgan fingerprint density at radius 2 is 2.00 bits per heavy atom. The maximum absolute atomic E-state index is 14.0. The van der Waals surface area contributed by atoms with E-state index in [9.17, 15) is 28.3 Å². The number of amides is 2. The number of hydrogen-bond acceptors (Lipinski definition) is 9. The van der Waals surface area contributed by atoms with Crippen molar-refractivity contribution in [1.29, 1.82) is 0 Å². The average Bonchev–Trinajstić information content (AvgIpc) is 3.31. The summed E-state index contributed by atoms with van der Waals surface area (Å²) in [5.41, 5.74) is 1.34. The van der Waals surface area contributed by atoms with Crippen molar-refractivity contribution in [2.24, 2.45) is 0 Å². The largest absolute Gasteiger partial charge is 0.502 e. The summed E-state index contributed by atoms with van der Waals surface area (Å²) in [5.74, 6) is -2.83. The maximum atomic E-state index is 14.0. The van der Waals surface area contributed by atoms with E-state index in [-0.39, 0.29) is 28.2 Å². The van der Waals surface area contributed by atoms with E-state index in [2.05, 4.69) is 20.9 Å². The Morgan fingerprint density at radius 1 is 1.25 bits per heavy atom. The Kier molecular flexibility index (Phi) is 5.82. The number of halogens is 2. The van der Waals surface area contributed by atoms with E-state index in [0.29, 0.717) is 30.9 Å². The highest BCUT2D eigenvalue weighted by molar-refractivity contribution is 7.14. The molecule has 1 spiro atoms. The molecule has 0 unspecified atom stereocenters. The molecular weight excluding hydrogens is 498 g/mol. The molecule has 1 aromatic carbocycles. The van der Waals surface area contributed by atoms with E-state index in [1.54, 1.807) is 0 Å². The van der Waals surface area contributed by atoms with Gasteiger partial charge in [0.2, 0.25) is 5.43 Å². The predicted octanol–water partition coefficient (Wildman–Crippen LogP) is 1.79. The molecular formula is C22H20F2N6O5S. The third-order valence-electron chi connectivity index (χ3n) is 6.19. The lowest BCUT2D eigenvalue weighted by molar-refractivity contribution is 0.0731. The first-order valence-electron chi connectivity index (χ1n) is 10.9. The fourth-order valence-corrected chi connectivity index (χ4v) is 5.16. The van der Waals surface area contributed by atoms with Gasteiger partial charge in [-0.25, -0.2) is 13.6 Å². The number of nitrogens with one attached hydrogen (secondary N) is 2. The standard InChI is InChI=1S/C22H20F2N6O5S/c1-35-21(34)29-6-4-22(5-7-29)25-19(33)16-18(32)17(31)13(10-30(16)28-22)20-27-26-15(36-20)8-11-2-3-12(23)9-14(11)24/h2-3,9-10,28,32H,4-8H2,1H3,(H,25,33). The molecule has 14 heteroatoms. The van der Waals surface area contributed by atoms with E-state index >= 15 is 0 Å². The van der Waals surface area contributed by atoms with Gasteiger partial charge in [0.25, 0.3) is 5.91 Å². The van der Waals surface area contributed by atoms with Crippen LogP contribution < -0.4 is 16.2 Å². The Bertz CT molecular complexity index is 1430. The minimum absolute atomic E-state index is 0.0103. The van der Waals surface area contributed by atoms with Gasteiger partial charge in [-0.05, 0) is 11.6 Å². The van der Waals surface area contributed by atoms with Crippen molar-refractivity contribution in [3.63, 3.8) is 0 Å². The number of pyridine rings is 1. The van der Waals surface area contributed by atoms with Crippen LogP contribution in [0.15, 0.2) is 29.2 Å². The van der Waals surface area contributed by atoms with Crippen molar-refractivity contribution in [1.82, 2.24) is 25.1 Å². The third kappa shape index (κ3) is 4.12. The monoisotopic (exact) mass is 518 g/mol. The number of ether oxygens (including phenoxy) is 1. The molecule has 0 aliphatic carbocycles. The number of carbonyl (C=O) groups is 2. The number of hydrogen-bond donors (Lipinski definition) is 3. The van der Waals surface area contributed by atoms with Gasteiger partial charge in [0.05, 0.1) is 12.7 Å². The van der Waals surface area contributed by atoms with Crippen LogP contribution in [0.25, 0.3) is 10.6 Å². The first-order chi connectivity index (χ1) is 17.2. The molecule has 11 nitrogen and oxygen atoms in total. The number of fused-ring (bicyclic) bond motifs is 1. The topological polar surface area (TPSA) is 139 Å². The number of benzene rings is 1. The zero-order chi connectivity index (χ0) is 25.6. The van der Waals surface area contributed by atoms with Gasteiger partial charge >= 0.3 is 6.09 Å². The highest BCUT2D eigenvalue weighted by Gasteiger charge is 2.43. The van der Waals surface area contributed by atoms with E-state index in [1.165, 1.54) is 28.9 Å². The molecule has 2 aliphatic rings. The second kappa shape index (κ2) is 8.86. The van der Waals surface area contributed by atoms with Crippen molar-refractivity contribution >= 4 is 23.3 Å². The zero-order valence-corrected chi connectivity index (χ0v) is 19.7. The minimum atomic E-state index is -0.917. The Balaban J connectivity index is 1.44. The maximum Gasteiger partial charge on any atom is 0.409 e. The van der Waals surface area contributed by atoms with Crippen molar-refractivity contribution in [3.8, 4) is 16.3 Å². The summed E-state index contributed by atoms with van der Waals surface area (Å²) in [6.45, 7) is 0.627. The molecule has 0 bridgehead atoms. The fourth-order valence-electron chi connectivity index (χ4n) is 4.29. The van der Waals surface area contributed by atoms with E-state index < -0.39 is 40.5 Å². The Morgan fingerprint density at radius 3 is 2.69 bits per heavy atom. The molecule has 2 aliphatic heterocycles. The van der Waals surface area contributed by atoms with Crippen molar-refractivity contribution in [2.75, 3.05) is 25.6 Å². The molecule has 0 radical (unpaired) electrons. The van der Waals surface area contributed by atoms with Gasteiger partial charge in [-0.15, -0.1) is 10.2 Å². The van der Waals surface area contributed by atoms with Gasteiger partial charge in [-0.1, -0.05) is 17.4 Å². The lowest BCUT2D eigenvalue weighted by Crippen LogP contribution is -2.66. The van der Waals surface area contributed by atoms with E-state index in [4.69, 9.17) is 4.74 Å². The smallest absolute Gasteiger partial charge is 0.409 e. The number of aromatic nitrogens is 3. The third-order valence-corrected chi connectivity index (χ3v) is 7.15. The van der Waals surface area contributed by atoms with Crippen molar-refractivity contribution in [3.05, 3.63) is 62.5 Å². The first-order valence-corrected chi connectivity index (χ1v) is 11.7. The summed E-state index contributed by atoms with van der Waals surface area (Å²) in [5, 5.41) is 21.9. The highest BCUT2D eigenvalue weighted by atomic mass is 32.1. The minimum Gasteiger partial charge on any atom is -0.502 e. The van der Waals surface area contributed by atoms with E-state index in [1.807, 2.05) is 0 Å². The van der Waals surface area contributed by atoms with Gasteiger partial charge in [-0.2, -0.15) is 0 Å². The van der Waals surface area contributed by atoms with Crippen molar-refractivity contribution in [2.45, 2.75) is 24.9 Å². The van der Waals surface area contributed by atoms with Crippen LogP contribution in [0.5, 0.6) is 5.75 Å². The number of carbonyl (C=O) groups excluding carboxylic acids is 2. The molecule has 3 N–H and O–H groups in total. The quantitative estimate of drug-likeness (QED) is 0.477. The predicted molar refractivity (Wildman–Crippen MR) is 123 cm³/mol. The lowest BCUT2D eigenvalue weighted by Gasteiger charge is -2.45. The molecule has 188 valence electrons. The SMILES string of the molecule is COC(=O)N1CCC2(CC1)NC(=O)c1c(O)c(=O)c(-c3nnc(Cc4ccc(F)cc4F)s3)cn1N2. The number of likely N-dealkylation sites (tertiary alicyclic amines) is 1. The number of methoxy groups -OCH3 is 1. The van der Waals surface area contributed by atoms with Crippen LogP contribution in [0.1, 0.15) is 33.9 Å². The summed E-state index contributed by atoms with van der Waals surface area (Å²) in [6.07, 6.45) is 1.61. The molecule has 36 heavy (non-hydrogen) atoms. The second-order valence-corrected chi connectivity index (χ2v) is 9.52. The van der Waals surface area contributed by atoms with Crippen LogP contribution in [0, 0.1) is 11.6 Å². The summed E-state index contributed by atoms with van der Waals surface area (Å²) in [4.78, 5) is 39.0. The number of piperidine rings is 1. The molecule has 0 saturated carbocycles. The van der Waals surface area contributed by atoms with Crippen LogP contribution in [0.2, 0.25) is 0 Å². The number of aromatic hydroxyl groups is 1. The summed E-state index contributed by atoms with van der Waals surface area (Å²) in [7, 11) is 1.29. The number of rotatable bonds is 3. The second-order valence-electron chi connectivity index (χ2n) is 8.46. The van der Waals surface area contributed by atoms with Gasteiger partial charge in [0.1, 0.15) is 22.3 Å². The average molecular weight is 519 g/mol. The number of nitrogens with zero attached hydrogens (tertiary/aromatic N) is 4. The van der Waals surface area contributed by atoms with Gasteiger partial charge in [0.15, 0.2) is 16.5 Å². The summed E-state index contributed by atoms with van der Waals surface area (Å²) < 4.78 is 33.2. The van der Waals surface area contributed by atoms with Gasteiger partial charge in [0, 0.05) is 44.6 Å². The van der Waals surface area contributed by atoms with Crippen LogP contribution in [-0.2, 0) is 11.2 Å². The van der Waals surface area contributed by atoms with E-state index in [0.717, 1.165) is 23.5 Å². The zero-order valence-electron chi connectivity index (χ0n) is 18.9. The summed E-state index contributed by atoms with van der Waals surface area (Å²) in [6, 6.07) is 3.21. The van der Waals surface area contributed by atoms with Crippen molar-refractivity contribution < 1.29 is 28.2 Å². The highest BCUT2D eigenvalue weighted by Crippen LogP contribution is 2.30. The molecule has 0 atom stereocenters. The van der Waals surface area contributed by atoms with Crippen LogP contribution in [0.3, 0.4) is 0 Å². The van der Waals surface area contributed by atoms with Crippen LogP contribution >= 0.6 is 11.3 Å². The molecule has 1 saturated heterocycles. The molecule has 3 aromatic rings. The van der Waals surface area contributed by atoms with Crippen LogP contribution in [0.4, 0.5) is 13.6 Å². The lowest BCUT2D eigenvalue weighted by atomic mass is 9.96. The normalized spacial score (nSPS) is 16.3.